The Hall–Kier alpha value is -2.40. The lowest BCUT2D eigenvalue weighted by Crippen LogP contribution is -2.39. The van der Waals surface area contributed by atoms with Crippen molar-refractivity contribution in [1.29, 1.82) is 0 Å². The second kappa shape index (κ2) is 6.24. The topological polar surface area (TPSA) is 53.2 Å². The molecule has 2 amide bonds. The minimum absolute atomic E-state index is 0.0396. The summed E-state index contributed by atoms with van der Waals surface area (Å²) in [5.74, 6) is 0.104. The monoisotopic (exact) mass is 324 g/mol. The molecule has 2 heterocycles. The van der Waals surface area contributed by atoms with Crippen LogP contribution in [0.3, 0.4) is 0 Å². The third-order valence-electron chi connectivity index (χ3n) is 4.70. The molecule has 124 valence electrons. The highest BCUT2D eigenvalue weighted by Gasteiger charge is 2.35. The summed E-state index contributed by atoms with van der Waals surface area (Å²) in [6.45, 7) is 3.07. The van der Waals surface area contributed by atoms with E-state index in [0.717, 1.165) is 17.2 Å². The molecule has 2 aliphatic heterocycles. The molecule has 2 aromatic rings. The number of carbonyl (C=O) groups excluding carboxylic acids is 2. The van der Waals surface area contributed by atoms with Crippen molar-refractivity contribution < 1.29 is 14.3 Å². The Morgan fingerprint density at radius 2 is 1.62 bits per heavy atom. The van der Waals surface area contributed by atoms with Crippen LogP contribution in [0.25, 0.3) is 10.8 Å². The minimum atomic E-state index is -0.243. The van der Waals surface area contributed by atoms with Gasteiger partial charge in [-0.15, -0.1) is 0 Å². The smallest absolute Gasteiger partial charge is 0.254 e. The van der Waals surface area contributed by atoms with Gasteiger partial charge in [-0.1, -0.05) is 30.3 Å². The van der Waals surface area contributed by atoms with E-state index >= 15 is 0 Å². The van der Waals surface area contributed by atoms with E-state index in [1.165, 1.54) is 0 Å². The standard InChI is InChI=1S/C19H20N2O3/c22-18(16-7-6-14-4-1-2-5-15(14)12-16)20-8-3-9-21(11-10-20)19(23)17-13-24-17/h1-2,4-7,12,17H,3,8-11,13H2. The zero-order valence-electron chi connectivity index (χ0n) is 13.5. The molecule has 5 heteroatoms. The van der Waals surface area contributed by atoms with Crippen molar-refractivity contribution in [3.05, 3.63) is 48.0 Å². The van der Waals surface area contributed by atoms with Crippen LogP contribution in [0.15, 0.2) is 42.5 Å². The SMILES string of the molecule is O=C(c1ccc2ccccc2c1)N1CCCN(C(=O)C2CO2)CC1. The van der Waals surface area contributed by atoms with Crippen LogP contribution in [-0.2, 0) is 9.53 Å². The van der Waals surface area contributed by atoms with Crippen LogP contribution < -0.4 is 0 Å². The lowest BCUT2D eigenvalue weighted by Gasteiger charge is -2.22. The van der Waals surface area contributed by atoms with E-state index in [1.807, 2.05) is 52.3 Å². The molecule has 1 atom stereocenters. The molecule has 0 N–H and O–H groups in total. The second-order valence-corrected chi connectivity index (χ2v) is 6.35. The van der Waals surface area contributed by atoms with Crippen LogP contribution in [-0.4, -0.2) is 60.5 Å². The van der Waals surface area contributed by atoms with Gasteiger partial charge in [-0.25, -0.2) is 0 Å². The maximum absolute atomic E-state index is 12.8. The van der Waals surface area contributed by atoms with E-state index in [1.54, 1.807) is 0 Å². The molecule has 0 spiro atoms. The van der Waals surface area contributed by atoms with Crippen LogP contribution in [0, 0.1) is 0 Å². The largest absolute Gasteiger partial charge is 0.363 e. The van der Waals surface area contributed by atoms with Crippen LogP contribution >= 0.6 is 0 Å². The van der Waals surface area contributed by atoms with Crippen LogP contribution in [0.5, 0.6) is 0 Å². The number of rotatable bonds is 2. The first-order chi connectivity index (χ1) is 11.7. The fourth-order valence-electron chi connectivity index (χ4n) is 3.24. The molecule has 0 bridgehead atoms. The highest BCUT2D eigenvalue weighted by Crippen LogP contribution is 2.19. The van der Waals surface area contributed by atoms with Crippen molar-refractivity contribution in [2.45, 2.75) is 12.5 Å². The minimum Gasteiger partial charge on any atom is -0.363 e. The number of amides is 2. The Bertz CT molecular complexity index is 785. The van der Waals surface area contributed by atoms with Crippen molar-refractivity contribution >= 4 is 22.6 Å². The Kier molecular flexibility index (Phi) is 3.94. The third kappa shape index (κ3) is 2.99. The van der Waals surface area contributed by atoms with E-state index in [9.17, 15) is 9.59 Å². The zero-order valence-corrected chi connectivity index (χ0v) is 13.5. The zero-order chi connectivity index (χ0) is 16.5. The molecule has 2 aliphatic rings. The summed E-state index contributed by atoms with van der Waals surface area (Å²) in [5, 5.41) is 2.20. The number of ether oxygens (including phenoxy) is 1. The molecule has 24 heavy (non-hydrogen) atoms. The summed E-state index contributed by atoms with van der Waals surface area (Å²) in [6, 6.07) is 13.9. The third-order valence-corrected chi connectivity index (χ3v) is 4.70. The van der Waals surface area contributed by atoms with Gasteiger partial charge in [0.25, 0.3) is 11.8 Å². The van der Waals surface area contributed by atoms with E-state index in [-0.39, 0.29) is 17.9 Å². The Labute approximate surface area is 140 Å². The van der Waals surface area contributed by atoms with Crippen molar-refractivity contribution in [2.24, 2.45) is 0 Å². The molecule has 0 aromatic heterocycles. The number of nitrogens with zero attached hydrogens (tertiary/aromatic N) is 2. The number of carbonyl (C=O) groups is 2. The van der Waals surface area contributed by atoms with Gasteiger partial charge in [-0.3, -0.25) is 9.59 Å². The molecule has 5 nitrogen and oxygen atoms in total. The maximum Gasteiger partial charge on any atom is 0.254 e. The summed E-state index contributed by atoms with van der Waals surface area (Å²) < 4.78 is 5.08. The van der Waals surface area contributed by atoms with Gasteiger partial charge in [0.15, 0.2) is 6.10 Å². The summed E-state index contributed by atoms with van der Waals surface area (Å²) in [4.78, 5) is 28.6. The number of benzene rings is 2. The molecular weight excluding hydrogens is 304 g/mol. The first-order valence-corrected chi connectivity index (χ1v) is 8.41. The summed E-state index contributed by atoms with van der Waals surface area (Å²) in [7, 11) is 0. The second-order valence-electron chi connectivity index (χ2n) is 6.35. The van der Waals surface area contributed by atoms with E-state index in [2.05, 4.69) is 0 Å². The average Bonchev–Trinajstić information content (AvgIpc) is 3.46. The van der Waals surface area contributed by atoms with Crippen molar-refractivity contribution in [3.8, 4) is 0 Å². The Morgan fingerprint density at radius 1 is 0.917 bits per heavy atom. The first-order valence-electron chi connectivity index (χ1n) is 8.41. The van der Waals surface area contributed by atoms with Gasteiger partial charge in [-0.2, -0.15) is 0 Å². The molecule has 0 aliphatic carbocycles. The lowest BCUT2D eigenvalue weighted by molar-refractivity contribution is -0.132. The van der Waals surface area contributed by atoms with E-state index in [4.69, 9.17) is 4.74 Å². The molecule has 0 radical (unpaired) electrons. The van der Waals surface area contributed by atoms with Gasteiger partial charge in [0.2, 0.25) is 0 Å². The van der Waals surface area contributed by atoms with E-state index in [0.29, 0.717) is 38.3 Å². The Morgan fingerprint density at radius 3 is 2.42 bits per heavy atom. The molecule has 2 saturated heterocycles. The first kappa shape index (κ1) is 15.1. The number of hydrogen-bond acceptors (Lipinski definition) is 3. The molecular formula is C19H20N2O3. The van der Waals surface area contributed by atoms with Crippen LogP contribution in [0.1, 0.15) is 16.8 Å². The maximum atomic E-state index is 12.8. The van der Waals surface area contributed by atoms with Gasteiger partial charge in [0.05, 0.1) is 6.61 Å². The average molecular weight is 324 g/mol. The molecule has 2 aromatic carbocycles. The highest BCUT2D eigenvalue weighted by molar-refractivity contribution is 5.98. The normalized spacial score (nSPS) is 20.8. The van der Waals surface area contributed by atoms with Crippen molar-refractivity contribution in [3.63, 3.8) is 0 Å². The molecule has 2 fully saturated rings. The van der Waals surface area contributed by atoms with Gasteiger partial charge in [0, 0.05) is 31.7 Å². The van der Waals surface area contributed by atoms with Gasteiger partial charge in [0.1, 0.15) is 0 Å². The molecule has 4 rings (SSSR count). The molecule has 1 unspecified atom stereocenters. The van der Waals surface area contributed by atoms with Gasteiger partial charge >= 0.3 is 0 Å². The number of fused-ring (bicyclic) bond motifs is 1. The fourth-order valence-corrected chi connectivity index (χ4v) is 3.24. The van der Waals surface area contributed by atoms with Crippen molar-refractivity contribution in [2.75, 3.05) is 32.8 Å². The predicted molar refractivity (Wildman–Crippen MR) is 90.8 cm³/mol. The highest BCUT2D eigenvalue weighted by atomic mass is 16.6. The van der Waals surface area contributed by atoms with Crippen molar-refractivity contribution in [1.82, 2.24) is 9.80 Å². The lowest BCUT2D eigenvalue weighted by atomic mass is 10.1. The van der Waals surface area contributed by atoms with Crippen LogP contribution in [0.4, 0.5) is 0 Å². The van der Waals surface area contributed by atoms with E-state index < -0.39 is 0 Å². The summed E-state index contributed by atoms with van der Waals surface area (Å²) in [6.07, 6.45) is 0.561. The summed E-state index contributed by atoms with van der Waals surface area (Å²) in [5.41, 5.74) is 0.707. The van der Waals surface area contributed by atoms with Crippen LogP contribution in [0.2, 0.25) is 0 Å². The number of hydrogen-bond donors (Lipinski definition) is 0. The van der Waals surface area contributed by atoms with Gasteiger partial charge < -0.3 is 14.5 Å². The number of epoxide rings is 1. The Balaban J connectivity index is 1.47. The van der Waals surface area contributed by atoms with Gasteiger partial charge in [-0.05, 0) is 29.3 Å². The predicted octanol–water partition coefficient (Wildman–Crippen LogP) is 1.91. The molecule has 0 saturated carbocycles. The quantitative estimate of drug-likeness (QED) is 0.793. The fraction of sp³-hybridized carbons (Fsp3) is 0.368. The summed E-state index contributed by atoms with van der Waals surface area (Å²) >= 11 is 0.